The molecule has 8 heteroatoms. The molecule has 1 aromatic heterocycles. The molecule has 2 aliphatic rings. The maximum absolute atomic E-state index is 14.1. The van der Waals surface area contributed by atoms with Gasteiger partial charge in [0.2, 0.25) is 10.0 Å². The van der Waals surface area contributed by atoms with Crippen molar-refractivity contribution in [3.63, 3.8) is 0 Å². The highest BCUT2D eigenvalue weighted by Crippen LogP contribution is 2.36. The predicted molar refractivity (Wildman–Crippen MR) is 80.7 cm³/mol. The van der Waals surface area contributed by atoms with Crippen molar-refractivity contribution in [1.82, 2.24) is 19.1 Å². The molecule has 122 valence electrons. The van der Waals surface area contributed by atoms with Gasteiger partial charge in [-0.25, -0.2) is 12.8 Å². The van der Waals surface area contributed by atoms with E-state index in [1.807, 2.05) is 11.5 Å². The van der Waals surface area contributed by atoms with Crippen LogP contribution in [-0.4, -0.2) is 39.6 Å². The second-order valence-electron chi connectivity index (χ2n) is 6.13. The molecule has 0 N–H and O–H groups in total. The zero-order valence-corrected chi connectivity index (χ0v) is 13.5. The molecule has 1 saturated heterocycles. The smallest absolute Gasteiger partial charge is 0.246 e. The number of halogens is 1. The summed E-state index contributed by atoms with van der Waals surface area (Å²) in [6, 6.07) is 5.20. The summed E-state index contributed by atoms with van der Waals surface area (Å²) in [4.78, 5) is -0.244. The van der Waals surface area contributed by atoms with Crippen LogP contribution in [0, 0.1) is 12.7 Å². The van der Waals surface area contributed by atoms with Crippen LogP contribution in [0.3, 0.4) is 0 Å². The molecule has 0 spiro atoms. The van der Waals surface area contributed by atoms with Crippen LogP contribution in [0.4, 0.5) is 4.39 Å². The van der Waals surface area contributed by atoms with E-state index in [1.165, 1.54) is 22.5 Å². The van der Waals surface area contributed by atoms with Crippen molar-refractivity contribution in [2.75, 3.05) is 0 Å². The summed E-state index contributed by atoms with van der Waals surface area (Å²) in [5.74, 6) is 0.894. The molecule has 0 unspecified atom stereocenters. The zero-order valence-electron chi connectivity index (χ0n) is 12.7. The number of benzene rings is 1. The highest BCUT2D eigenvalue weighted by Gasteiger charge is 2.45. The largest absolute Gasteiger partial charge is 0.314 e. The first-order valence-corrected chi connectivity index (χ1v) is 9.09. The Morgan fingerprint density at radius 2 is 1.91 bits per heavy atom. The lowest BCUT2D eigenvalue weighted by Crippen LogP contribution is -2.42. The predicted octanol–water partition coefficient (Wildman–Crippen LogP) is 1.50. The number of hydrogen-bond acceptors (Lipinski definition) is 4. The molecular formula is C15H17FN4O2S. The standard InChI is InChI=1S/C15H17FN4O2S/c1-10-17-18-15-8-11-6-7-12(9-19(10)15)20(11)23(21,22)14-5-3-2-4-13(14)16/h2-5,11-12H,6-9H2,1H3/t11-,12+/m0/s1. The highest BCUT2D eigenvalue weighted by molar-refractivity contribution is 7.89. The van der Waals surface area contributed by atoms with Crippen molar-refractivity contribution in [3.8, 4) is 0 Å². The Morgan fingerprint density at radius 3 is 2.70 bits per heavy atom. The van der Waals surface area contributed by atoms with Gasteiger partial charge in [-0.15, -0.1) is 10.2 Å². The molecule has 0 aliphatic carbocycles. The Balaban J connectivity index is 1.78. The van der Waals surface area contributed by atoms with Gasteiger partial charge in [-0.05, 0) is 31.9 Å². The van der Waals surface area contributed by atoms with Crippen molar-refractivity contribution in [2.45, 2.75) is 49.7 Å². The minimum atomic E-state index is -3.86. The fraction of sp³-hybridized carbons (Fsp3) is 0.467. The van der Waals surface area contributed by atoms with Gasteiger partial charge >= 0.3 is 0 Å². The van der Waals surface area contributed by atoms with Gasteiger partial charge in [-0.2, -0.15) is 4.31 Å². The Morgan fingerprint density at radius 1 is 1.17 bits per heavy atom. The molecule has 2 aromatic rings. The van der Waals surface area contributed by atoms with E-state index in [0.29, 0.717) is 13.0 Å². The van der Waals surface area contributed by atoms with E-state index in [2.05, 4.69) is 10.2 Å². The van der Waals surface area contributed by atoms with Gasteiger partial charge in [0.05, 0.1) is 0 Å². The maximum Gasteiger partial charge on any atom is 0.246 e. The molecule has 0 saturated carbocycles. The normalized spacial score (nSPS) is 24.4. The first-order chi connectivity index (χ1) is 11.0. The Hall–Kier alpha value is -1.80. The van der Waals surface area contributed by atoms with Crippen LogP contribution in [0.25, 0.3) is 0 Å². The molecular weight excluding hydrogens is 319 g/mol. The minimum Gasteiger partial charge on any atom is -0.314 e. The van der Waals surface area contributed by atoms with E-state index in [1.54, 1.807) is 6.07 Å². The second kappa shape index (κ2) is 5.10. The maximum atomic E-state index is 14.1. The average Bonchev–Trinajstić information content (AvgIpc) is 2.99. The lowest BCUT2D eigenvalue weighted by molar-refractivity contribution is 0.313. The topological polar surface area (TPSA) is 68.1 Å². The summed E-state index contributed by atoms with van der Waals surface area (Å²) < 4.78 is 43.6. The van der Waals surface area contributed by atoms with E-state index in [4.69, 9.17) is 0 Å². The first kappa shape index (κ1) is 14.8. The SMILES string of the molecule is Cc1nnc2n1C[C@H]1CC[C@@H](C2)N1S(=O)(=O)c1ccccc1F. The fourth-order valence-electron chi connectivity index (χ4n) is 3.70. The number of fused-ring (bicyclic) bond motifs is 3. The number of aromatic nitrogens is 3. The van der Waals surface area contributed by atoms with Gasteiger partial charge in [-0.1, -0.05) is 12.1 Å². The summed E-state index contributed by atoms with van der Waals surface area (Å²) in [6.45, 7) is 2.39. The Kier molecular flexibility index (Phi) is 3.28. The van der Waals surface area contributed by atoms with E-state index < -0.39 is 15.8 Å². The van der Waals surface area contributed by atoms with E-state index in [9.17, 15) is 12.8 Å². The third-order valence-electron chi connectivity index (χ3n) is 4.77. The lowest BCUT2D eigenvalue weighted by Gasteiger charge is -2.27. The Bertz CT molecular complexity index is 864. The summed E-state index contributed by atoms with van der Waals surface area (Å²) in [5, 5.41) is 8.24. The van der Waals surface area contributed by atoms with Gasteiger partial charge in [0.1, 0.15) is 22.4 Å². The van der Waals surface area contributed by atoms with Crippen molar-refractivity contribution in [3.05, 3.63) is 41.7 Å². The molecule has 23 heavy (non-hydrogen) atoms. The summed E-state index contributed by atoms with van der Waals surface area (Å²) in [5.41, 5.74) is 0. The molecule has 4 rings (SSSR count). The quantitative estimate of drug-likeness (QED) is 0.833. The number of aryl methyl sites for hydroxylation is 1. The zero-order chi connectivity index (χ0) is 16.2. The summed E-state index contributed by atoms with van der Waals surface area (Å²) in [6.07, 6.45) is 2.06. The molecule has 6 nitrogen and oxygen atoms in total. The molecule has 3 heterocycles. The lowest BCUT2D eigenvalue weighted by atomic mass is 10.1. The number of rotatable bonds is 2. The molecule has 0 amide bonds. The van der Waals surface area contributed by atoms with E-state index in [-0.39, 0.29) is 17.0 Å². The molecule has 2 aliphatic heterocycles. The van der Waals surface area contributed by atoms with Crippen LogP contribution in [-0.2, 0) is 23.0 Å². The van der Waals surface area contributed by atoms with Crippen molar-refractivity contribution < 1.29 is 12.8 Å². The third kappa shape index (κ3) is 2.20. The van der Waals surface area contributed by atoms with Crippen LogP contribution < -0.4 is 0 Å². The van der Waals surface area contributed by atoms with Crippen LogP contribution in [0.2, 0.25) is 0 Å². The van der Waals surface area contributed by atoms with Crippen molar-refractivity contribution >= 4 is 10.0 Å². The Labute approximate surface area is 134 Å². The number of nitrogens with zero attached hydrogens (tertiary/aromatic N) is 4. The first-order valence-electron chi connectivity index (χ1n) is 7.65. The molecule has 1 fully saturated rings. The molecule has 2 atom stereocenters. The minimum absolute atomic E-state index is 0.180. The van der Waals surface area contributed by atoms with Crippen LogP contribution in [0.5, 0.6) is 0 Å². The van der Waals surface area contributed by atoms with E-state index in [0.717, 1.165) is 24.5 Å². The van der Waals surface area contributed by atoms with Gasteiger partial charge in [-0.3, -0.25) is 0 Å². The van der Waals surface area contributed by atoms with Gasteiger partial charge in [0, 0.05) is 25.0 Å². The third-order valence-corrected chi connectivity index (χ3v) is 6.81. The van der Waals surface area contributed by atoms with E-state index >= 15 is 0 Å². The van der Waals surface area contributed by atoms with Crippen molar-refractivity contribution in [1.29, 1.82) is 0 Å². The van der Waals surface area contributed by atoms with Crippen LogP contribution in [0.15, 0.2) is 29.2 Å². The number of hydrogen-bond donors (Lipinski definition) is 0. The highest BCUT2D eigenvalue weighted by atomic mass is 32.2. The number of sulfonamides is 1. The van der Waals surface area contributed by atoms with Crippen molar-refractivity contribution in [2.24, 2.45) is 0 Å². The molecule has 0 radical (unpaired) electrons. The van der Waals surface area contributed by atoms with Gasteiger partial charge in [0.15, 0.2) is 0 Å². The van der Waals surface area contributed by atoms with Gasteiger partial charge in [0.25, 0.3) is 0 Å². The molecule has 2 bridgehead atoms. The average molecular weight is 336 g/mol. The summed E-state index contributed by atoms with van der Waals surface area (Å²) >= 11 is 0. The second-order valence-corrected chi connectivity index (χ2v) is 7.94. The van der Waals surface area contributed by atoms with Crippen LogP contribution in [0.1, 0.15) is 24.5 Å². The fourth-order valence-corrected chi connectivity index (χ4v) is 5.63. The van der Waals surface area contributed by atoms with Gasteiger partial charge < -0.3 is 4.57 Å². The monoisotopic (exact) mass is 336 g/mol. The molecule has 1 aromatic carbocycles. The summed E-state index contributed by atoms with van der Waals surface area (Å²) in [7, 11) is -3.86. The van der Waals surface area contributed by atoms with Crippen LogP contribution >= 0.6 is 0 Å².